The van der Waals surface area contributed by atoms with Gasteiger partial charge in [-0.1, -0.05) is 0 Å². The molecule has 0 aromatic carbocycles. The third-order valence-corrected chi connectivity index (χ3v) is 0. The predicted octanol–water partition coefficient (Wildman–Crippen LogP) is -3.54. The van der Waals surface area contributed by atoms with Gasteiger partial charge in [0.05, 0.1) is 0 Å². The van der Waals surface area contributed by atoms with E-state index in [1.54, 1.807) is 0 Å². The van der Waals surface area contributed by atoms with Gasteiger partial charge in [-0.3, -0.25) is 0 Å². The molecule has 0 aliphatic rings. The summed E-state index contributed by atoms with van der Waals surface area (Å²) in [5.41, 5.74) is 0. The fourth-order valence-corrected chi connectivity index (χ4v) is 0. The molecule has 2 nitrogen and oxygen atoms in total. The molecule has 0 aliphatic carbocycles. The SMILES string of the molecule is C[PH](=O)[O-].[K+]. The van der Waals surface area contributed by atoms with E-state index in [9.17, 15) is 0 Å². The maximum atomic E-state index is 9.07. The Kier molecular flexibility index (Phi) is 11.6. The molecule has 0 heterocycles. The largest absolute Gasteiger partial charge is 1.00 e. The molecule has 4 heteroatoms. The zero-order valence-electron chi connectivity index (χ0n) is 3.32. The molecule has 0 saturated carbocycles. The van der Waals surface area contributed by atoms with Gasteiger partial charge in [0.2, 0.25) is 0 Å². The summed E-state index contributed by atoms with van der Waals surface area (Å²) in [5.74, 6) is 0. The summed E-state index contributed by atoms with van der Waals surface area (Å²) in [7, 11) is -2.38. The first-order chi connectivity index (χ1) is 1.73. The first-order valence-electron chi connectivity index (χ1n) is 0.908. The normalized spacial score (nSPS) is 12.4. The summed E-state index contributed by atoms with van der Waals surface area (Å²) in [6.45, 7) is 1.16. The topological polar surface area (TPSA) is 40.1 Å². The molecule has 0 spiro atoms. The molecule has 0 aromatic heterocycles. The second-order valence-electron chi connectivity index (χ2n) is 0.492. The van der Waals surface area contributed by atoms with Crippen LogP contribution in [0, 0.1) is 0 Å². The van der Waals surface area contributed by atoms with Crippen molar-refractivity contribution >= 4 is 8.03 Å². The molecular formula is CH4KO2P. The molecule has 0 bridgehead atoms. The van der Waals surface area contributed by atoms with Gasteiger partial charge in [0.15, 0.2) is 0 Å². The molecule has 1 unspecified atom stereocenters. The smallest absolute Gasteiger partial charge is 0.802 e. The van der Waals surface area contributed by atoms with Crippen LogP contribution in [-0.4, -0.2) is 6.66 Å². The molecular weight excluding hydrogens is 114 g/mol. The van der Waals surface area contributed by atoms with Gasteiger partial charge >= 0.3 is 51.4 Å². The Hall–Kier alpha value is 1.83. The van der Waals surface area contributed by atoms with Crippen LogP contribution in [0.15, 0.2) is 0 Å². The first-order valence-corrected chi connectivity index (χ1v) is 2.72. The van der Waals surface area contributed by atoms with Crippen molar-refractivity contribution in [1.82, 2.24) is 0 Å². The summed E-state index contributed by atoms with van der Waals surface area (Å²) >= 11 is 0. The Morgan fingerprint density at radius 3 is 1.80 bits per heavy atom. The van der Waals surface area contributed by atoms with E-state index in [1.807, 2.05) is 0 Å². The average molecular weight is 118 g/mol. The van der Waals surface area contributed by atoms with E-state index in [-0.39, 0.29) is 51.4 Å². The molecule has 0 N–H and O–H groups in total. The van der Waals surface area contributed by atoms with Gasteiger partial charge in [-0.15, -0.1) is 0 Å². The monoisotopic (exact) mass is 118 g/mol. The Labute approximate surface area is 74.2 Å². The van der Waals surface area contributed by atoms with Crippen molar-refractivity contribution in [2.24, 2.45) is 0 Å². The molecule has 26 valence electrons. The van der Waals surface area contributed by atoms with Gasteiger partial charge in [-0.2, -0.15) is 0 Å². The van der Waals surface area contributed by atoms with E-state index >= 15 is 0 Å². The molecule has 5 heavy (non-hydrogen) atoms. The number of rotatable bonds is 0. The quantitative estimate of drug-likeness (QED) is 0.244. The van der Waals surface area contributed by atoms with E-state index in [0.29, 0.717) is 0 Å². The van der Waals surface area contributed by atoms with Crippen LogP contribution in [0.25, 0.3) is 0 Å². The molecule has 0 amide bonds. The van der Waals surface area contributed by atoms with Gasteiger partial charge < -0.3 is 9.46 Å². The van der Waals surface area contributed by atoms with Gasteiger partial charge in [0.1, 0.15) is 0 Å². The van der Waals surface area contributed by atoms with Gasteiger partial charge in [-0.25, -0.2) is 0 Å². The van der Waals surface area contributed by atoms with Crippen molar-refractivity contribution in [2.75, 3.05) is 6.66 Å². The van der Waals surface area contributed by atoms with E-state index in [1.165, 1.54) is 0 Å². The summed E-state index contributed by atoms with van der Waals surface area (Å²) in [6.07, 6.45) is 0. The summed E-state index contributed by atoms with van der Waals surface area (Å²) in [6, 6.07) is 0. The van der Waals surface area contributed by atoms with Gasteiger partial charge in [-0.05, 0) is 14.7 Å². The first kappa shape index (κ1) is 9.95. The fraction of sp³-hybridized carbons (Fsp3) is 1.00. The van der Waals surface area contributed by atoms with Crippen LogP contribution < -0.4 is 56.3 Å². The van der Waals surface area contributed by atoms with Gasteiger partial charge in [0, 0.05) is 0 Å². The van der Waals surface area contributed by atoms with E-state index in [4.69, 9.17) is 9.46 Å². The zero-order chi connectivity index (χ0) is 3.58. The van der Waals surface area contributed by atoms with Crippen LogP contribution >= 0.6 is 8.03 Å². The average Bonchev–Trinajstić information content (AvgIpc) is 0.811. The molecule has 1 atom stereocenters. The maximum absolute atomic E-state index is 9.07. The van der Waals surface area contributed by atoms with Crippen molar-refractivity contribution in [3.63, 3.8) is 0 Å². The molecule has 0 radical (unpaired) electrons. The van der Waals surface area contributed by atoms with Crippen LogP contribution in [0.1, 0.15) is 0 Å². The van der Waals surface area contributed by atoms with Crippen LogP contribution in [0.5, 0.6) is 0 Å². The standard InChI is InChI=1S/CH5O2P.K/c1-4(2)3;/h4H,1H3,(H,2,3);/q;+1/p-1. The Morgan fingerprint density at radius 2 is 1.80 bits per heavy atom. The van der Waals surface area contributed by atoms with Gasteiger partial charge in [0.25, 0.3) is 0 Å². The minimum atomic E-state index is -2.38. The van der Waals surface area contributed by atoms with Crippen molar-refractivity contribution in [1.29, 1.82) is 0 Å². The van der Waals surface area contributed by atoms with E-state index < -0.39 is 8.03 Å². The number of hydrogen-bond acceptors (Lipinski definition) is 2. The van der Waals surface area contributed by atoms with Crippen LogP contribution in [0.2, 0.25) is 0 Å². The van der Waals surface area contributed by atoms with Crippen LogP contribution in [-0.2, 0) is 4.57 Å². The van der Waals surface area contributed by atoms with Crippen LogP contribution in [0.3, 0.4) is 0 Å². The van der Waals surface area contributed by atoms with Crippen molar-refractivity contribution in [2.45, 2.75) is 0 Å². The summed E-state index contributed by atoms with van der Waals surface area (Å²) in [5, 5.41) is 0. The van der Waals surface area contributed by atoms with Crippen molar-refractivity contribution in [3.05, 3.63) is 0 Å². The van der Waals surface area contributed by atoms with E-state index in [0.717, 1.165) is 6.66 Å². The predicted molar refractivity (Wildman–Crippen MR) is 14.9 cm³/mol. The minimum absolute atomic E-state index is 0. The summed E-state index contributed by atoms with van der Waals surface area (Å²) < 4.78 is 9.07. The molecule has 0 rings (SSSR count). The Morgan fingerprint density at radius 1 is 1.80 bits per heavy atom. The second-order valence-corrected chi connectivity index (χ2v) is 1.47. The second kappa shape index (κ2) is 5.83. The molecule has 0 aliphatic heterocycles. The molecule has 0 aromatic rings. The third kappa shape index (κ3) is 25.6. The molecule has 0 saturated heterocycles. The molecule has 0 fully saturated rings. The van der Waals surface area contributed by atoms with E-state index in [2.05, 4.69) is 0 Å². The van der Waals surface area contributed by atoms with Crippen molar-refractivity contribution < 1.29 is 60.8 Å². The Bertz CT molecular complexity index is 32.6. The third-order valence-electron chi connectivity index (χ3n) is 0. The minimum Gasteiger partial charge on any atom is -0.802 e. The maximum Gasteiger partial charge on any atom is 1.00 e. The van der Waals surface area contributed by atoms with Crippen LogP contribution in [0.4, 0.5) is 0 Å². The summed E-state index contributed by atoms with van der Waals surface area (Å²) in [4.78, 5) is 9.07. The fourth-order valence-electron chi connectivity index (χ4n) is 0. The number of hydrogen-bond donors (Lipinski definition) is 0. The Balaban J connectivity index is 0. The van der Waals surface area contributed by atoms with Crippen molar-refractivity contribution in [3.8, 4) is 0 Å². The zero-order valence-corrected chi connectivity index (χ0v) is 7.44.